The van der Waals surface area contributed by atoms with Crippen LogP contribution in [0.15, 0.2) is 0 Å². The van der Waals surface area contributed by atoms with Crippen LogP contribution in [0.2, 0.25) is 0 Å². The van der Waals surface area contributed by atoms with E-state index in [0.717, 1.165) is 38.9 Å². The molecule has 3 saturated heterocycles. The second-order valence-electron chi connectivity index (χ2n) is 6.29. The van der Waals surface area contributed by atoms with E-state index in [1.54, 1.807) is 0 Å². The van der Waals surface area contributed by atoms with Gasteiger partial charge in [-0.1, -0.05) is 0 Å². The fraction of sp³-hybridized carbons (Fsp3) is 0.929. The predicted octanol–water partition coefficient (Wildman–Crippen LogP) is -0.290. The van der Waals surface area contributed by atoms with Gasteiger partial charge in [-0.05, 0) is 19.3 Å². The SMILES string of the molecule is NC1CNCC(F)C1N1CCC(N2CCCC2=O)CC1. The van der Waals surface area contributed by atoms with Crippen LogP contribution < -0.4 is 11.1 Å². The molecule has 3 heterocycles. The summed E-state index contributed by atoms with van der Waals surface area (Å²) >= 11 is 0. The number of halogens is 1. The van der Waals surface area contributed by atoms with Gasteiger partial charge in [0.05, 0.1) is 6.04 Å². The van der Waals surface area contributed by atoms with Crippen molar-refractivity contribution in [3.05, 3.63) is 0 Å². The topological polar surface area (TPSA) is 61.6 Å². The van der Waals surface area contributed by atoms with Gasteiger partial charge < -0.3 is 16.0 Å². The molecule has 0 aliphatic carbocycles. The van der Waals surface area contributed by atoms with Gasteiger partial charge in [0.25, 0.3) is 0 Å². The number of carbonyl (C=O) groups is 1. The highest BCUT2D eigenvalue weighted by molar-refractivity contribution is 5.78. The Morgan fingerprint density at radius 1 is 1.20 bits per heavy atom. The molecule has 114 valence electrons. The normalized spacial score (nSPS) is 37.6. The Labute approximate surface area is 119 Å². The molecule has 6 heteroatoms. The molecule has 0 saturated carbocycles. The van der Waals surface area contributed by atoms with Crippen molar-refractivity contribution >= 4 is 5.91 Å². The number of nitrogens with one attached hydrogen (secondary N) is 1. The molecule has 3 N–H and O–H groups in total. The third-order valence-electron chi connectivity index (χ3n) is 5.00. The minimum atomic E-state index is -0.885. The van der Waals surface area contributed by atoms with Crippen molar-refractivity contribution in [2.75, 3.05) is 32.7 Å². The average Bonchev–Trinajstić information content (AvgIpc) is 2.86. The van der Waals surface area contributed by atoms with Crippen LogP contribution >= 0.6 is 0 Å². The largest absolute Gasteiger partial charge is 0.340 e. The highest BCUT2D eigenvalue weighted by Crippen LogP contribution is 2.25. The molecule has 0 radical (unpaired) electrons. The van der Waals surface area contributed by atoms with Crippen LogP contribution in [0.4, 0.5) is 4.39 Å². The van der Waals surface area contributed by atoms with E-state index in [-0.39, 0.29) is 12.1 Å². The lowest BCUT2D eigenvalue weighted by atomic mass is 9.94. The van der Waals surface area contributed by atoms with Gasteiger partial charge in [-0.3, -0.25) is 9.69 Å². The Balaban J connectivity index is 1.56. The van der Waals surface area contributed by atoms with Crippen LogP contribution in [0.5, 0.6) is 0 Å². The molecular formula is C14H25FN4O. The molecule has 1 amide bonds. The van der Waals surface area contributed by atoms with E-state index in [1.165, 1.54) is 0 Å². The number of likely N-dealkylation sites (tertiary alicyclic amines) is 2. The van der Waals surface area contributed by atoms with Gasteiger partial charge in [-0.2, -0.15) is 0 Å². The summed E-state index contributed by atoms with van der Waals surface area (Å²) in [4.78, 5) is 16.0. The molecule has 20 heavy (non-hydrogen) atoms. The highest BCUT2D eigenvalue weighted by Gasteiger charge is 2.39. The highest BCUT2D eigenvalue weighted by atomic mass is 19.1. The van der Waals surface area contributed by atoms with Crippen LogP contribution in [-0.2, 0) is 4.79 Å². The Bertz CT molecular complexity index is 349. The number of hydrogen-bond donors (Lipinski definition) is 2. The summed E-state index contributed by atoms with van der Waals surface area (Å²) in [7, 11) is 0. The zero-order valence-electron chi connectivity index (χ0n) is 11.9. The van der Waals surface area contributed by atoms with Crippen LogP contribution in [0.3, 0.4) is 0 Å². The first-order valence-corrected chi connectivity index (χ1v) is 7.80. The smallest absolute Gasteiger partial charge is 0.222 e. The van der Waals surface area contributed by atoms with Crippen LogP contribution in [-0.4, -0.2) is 72.7 Å². The summed E-state index contributed by atoms with van der Waals surface area (Å²) in [6, 6.07) is 0.0625. The molecular weight excluding hydrogens is 259 g/mol. The third kappa shape index (κ3) is 2.69. The molecule has 3 atom stereocenters. The second-order valence-corrected chi connectivity index (χ2v) is 6.29. The maximum absolute atomic E-state index is 14.1. The molecule has 3 rings (SSSR count). The molecule has 0 bridgehead atoms. The van der Waals surface area contributed by atoms with Crippen molar-refractivity contribution in [3.63, 3.8) is 0 Å². The van der Waals surface area contributed by atoms with Gasteiger partial charge in [0.15, 0.2) is 0 Å². The molecule has 0 aromatic rings. The number of piperidine rings is 2. The minimum Gasteiger partial charge on any atom is -0.340 e. The number of hydrogen-bond acceptors (Lipinski definition) is 4. The van der Waals surface area contributed by atoms with Crippen molar-refractivity contribution in [2.24, 2.45) is 5.73 Å². The molecule has 0 aromatic carbocycles. The summed E-state index contributed by atoms with van der Waals surface area (Å²) in [6.07, 6.45) is 2.71. The summed E-state index contributed by atoms with van der Waals surface area (Å²) in [5.74, 6) is 0.297. The van der Waals surface area contributed by atoms with Crippen molar-refractivity contribution in [3.8, 4) is 0 Å². The number of nitrogens with two attached hydrogens (primary N) is 1. The minimum absolute atomic E-state index is 0.135. The van der Waals surface area contributed by atoms with Crippen molar-refractivity contribution < 1.29 is 9.18 Å². The van der Waals surface area contributed by atoms with E-state index in [2.05, 4.69) is 10.2 Å². The summed E-state index contributed by atoms with van der Waals surface area (Å²) < 4.78 is 14.1. The first-order valence-electron chi connectivity index (χ1n) is 7.80. The molecule has 3 fully saturated rings. The molecule has 3 aliphatic heterocycles. The molecule has 0 spiro atoms. The number of alkyl halides is 1. The Kier molecular flexibility index (Phi) is 4.23. The van der Waals surface area contributed by atoms with E-state index in [0.29, 0.717) is 31.5 Å². The van der Waals surface area contributed by atoms with Gasteiger partial charge in [0.1, 0.15) is 6.17 Å². The standard InChI is InChI=1S/C14H25FN4O/c15-11-8-17-9-12(16)14(11)18-6-3-10(4-7-18)19-5-1-2-13(19)20/h10-12,14,17H,1-9,16H2. The molecule has 5 nitrogen and oxygen atoms in total. The van der Waals surface area contributed by atoms with Crippen LogP contribution in [0.1, 0.15) is 25.7 Å². The van der Waals surface area contributed by atoms with Gasteiger partial charge >= 0.3 is 0 Å². The van der Waals surface area contributed by atoms with Crippen molar-refractivity contribution in [1.82, 2.24) is 15.1 Å². The lowest BCUT2D eigenvalue weighted by molar-refractivity contribution is -0.130. The van der Waals surface area contributed by atoms with E-state index < -0.39 is 6.17 Å². The zero-order chi connectivity index (χ0) is 14.1. The van der Waals surface area contributed by atoms with Crippen molar-refractivity contribution in [1.29, 1.82) is 0 Å². The van der Waals surface area contributed by atoms with Crippen LogP contribution in [0, 0.1) is 0 Å². The van der Waals surface area contributed by atoms with Gasteiger partial charge in [0, 0.05) is 51.2 Å². The van der Waals surface area contributed by atoms with E-state index in [1.807, 2.05) is 4.90 Å². The number of amides is 1. The summed E-state index contributed by atoms with van der Waals surface area (Å²) in [6.45, 7) is 3.71. The maximum atomic E-state index is 14.1. The first-order chi connectivity index (χ1) is 9.66. The molecule has 0 aromatic heterocycles. The van der Waals surface area contributed by atoms with Gasteiger partial charge in [-0.15, -0.1) is 0 Å². The van der Waals surface area contributed by atoms with E-state index in [4.69, 9.17) is 5.73 Å². The Morgan fingerprint density at radius 3 is 2.55 bits per heavy atom. The van der Waals surface area contributed by atoms with E-state index >= 15 is 0 Å². The fourth-order valence-electron chi connectivity index (χ4n) is 3.95. The van der Waals surface area contributed by atoms with E-state index in [9.17, 15) is 9.18 Å². The monoisotopic (exact) mass is 284 g/mol. The fourth-order valence-corrected chi connectivity index (χ4v) is 3.95. The summed E-state index contributed by atoms with van der Waals surface area (Å²) in [5.41, 5.74) is 6.07. The lowest BCUT2D eigenvalue weighted by Crippen LogP contribution is -2.64. The number of carbonyl (C=O) groups excluding carboxylic acids is 1. The number of rotatable bonds is 2. The zero-order valence-corrected chi connectivity index (χ0v) is 11.9. The van der Waals surface area contributed by atoms with Crippen molar-refractivity contribution in [2.45, 2.75) is 50.0 Å². The first kappa shape index (κ1) is 14.2. The number of nitrogens with zero attached hydrogens (tertiary/aromatic N) is 2. The Hall–Kier alpha value is -0.720. The lowest BCUT2D eigenvalue weighted by Gasteiger charge is -2.45. The maximum Gasteiger partial charge on any atom is 0.222 e. The quantitative estimate of drug-likeness (QED) is 0.731. The van der Waals surface area contributed by atoms with Crippen LogP contribution in [0.25, 0.3) is 0 Å². The second kappa shape index (κ2) is 5.95. The molecule has 3 aliphatic rings. The van der Waals surface area contributed by atoms with Gasteiger partial charge in [-0.25, -0.2) is 4.39 Å². The molecule has 3 unspecified atom stereocenters. The summed E-state index contributed by atoms with van der Waals surface area (Å²) in [5, 5.41) is 3.03. The van der Waals surface area contributed by atoms with Gasteiger partial charge in [0.2, 0.25) is 5.91 Å². The third-order valence-corrected chi connectivity index (χ3v) is 5.00. The average molecular weight is 284 g/mol. The predicted molar refractivity (Wildman–Crippen MR) is 75.1 cm³/mol. The Morgan fingerprint density at radius 2 is 1.95 bits per heavy atom.